The molecule has 3 aromatic rings. The summed E-state index contributed by atoms with van der Waals surface area (Å²) in [5.74, 6) is 2.59. The molecule has 2 aliphatic heterocycles. The third kappa shape index (κ3) is 4.35. The molecule has 11 heteroatoms. The SMILES string of the molecule is CC(C)N(C)c1cc2c(c(CN(C)C(=O)O)n1)CN(c1cccc(-c3nnc4n3C(C)(C)CCC4)n1)C2=O. The van der Waals surface area contributed by atoms with Gasteiger partial charge in [0.1, 0.15) is 23.2 Å². The summed E-state index contributed by atoms with van der Waals surface area (Å²) < 4.78 is 2.17. The second kappa shape index (κ2) is 9.38. The number of carbonyl (C=O) groups is 2. The lowest BCUT2D eigenvalue weighted by Crippen LogP contribution is -2.32. The van der Waals surface area contributed by atoms with Gasteiger partial charge in [0.05, 0.1) is 24.3 Å². The number of hydrogen-bond acceptors (Lipinski definition) is 7. The fourth-order valence-electron chi connectivity index (χ4n) is 5.18. The summed E-state index contributed by atoms with van der Waals surface area (Å²) in [6, 6.07) is 7.52. The monoisotopic (exact) mass is 518 g/mol. The van der Waals surface area contributed by atoms with E-state index in [9.17, 15) is 14.7 Å². The molecule has 0 aliphatic carbocycles. The van der Waals surface area contributed by atoms with Crippen LogP contribution < -0.4 is 9.80 Å². The molecule has 0 unspecified atom stereocenters. The Morgan fingerprint density at radius 3 is 2.66 bits per heavy atom. The zero-order valence-corrected chi connectivity index (χ0v) is 22.8. The predicted molar refractivity (Wildman–Crippen MR) is 143 cm³/mol. The van der Waals surface area contributed by atoms with E-state index in [1.807, 2.05) is 44.0 Å². The van der Waals surface area contributed by atoms with Gasteiger partial charge in [0.25, 0.3) is 5.91 Å². The van der Waals surface area contributed by atoms with Crippen molar-refractivity contribution < 1.29 is 14.7 Å². The van der Waals surface area contributed by atoms with Crippen molar-refractivity contribution in [1.82, 2.24) is 29.6 Å². The second-order valence-electron chi connectivity index (χ2n) is 11.0. The van der Waals surface area contributed by atoms with Gasteiger partial charge in [0, 0.05) is 37.7 Å². The van der Waals surface area contributed by atoms with Crippen LogP contribution in [0.4, 0.5) is 16.4 Å². The number of amides is 2. The fraction of sp³-hybridized carbons (Fsp3) is 0.481. The Labute approximate surface area is 222 Å². The van der Waals surface area contributed by atoms with Crippen molar-refractivity contribution in [3.8, 4) is 11.5 Å². The van der Waals surface area contributed by atoms with Gasteiger partial charge in [-0.05, 0) is 58.7 Å². The maximum absolute atomic E-state index is 13.7. The zero-order valence-electron chi connectivity index (χ0n) is 22.8. The van der Waals surface area contributed by atoms with Crippen LogP contribution in [0.15, 0.2) is 24.3 Å². The first-order chi connectivity index (χ1) is 18.0. The lowest BCUT2D eigenvalue weighted by Gasteiger charge is -2.33. The molecule has 0 fully saturated rings. The first kappa shape index (κ1) is 25.6. The third-order valence-corrected chi connectivity index (χ3v) is 7.60. The number of nitrogens with zero attached hydrogens (tertiary/aromatic N) is 8. The van der Waals surface area contributed by atoms with Crippen molar-refractivity contribution >= 4 is 23.6 Å². The number of carboxylic acid groups (broad SMARTS) is 1. The predicted octanol–water partition coefficient (Wildman–Crippen LogP) is 3.92. The van der Waals surface area contributed by atoms with Gasteiger partial charge in [-0.15, -0.1) is 10.2 Å². The molecule has 0 bridgehead atoms. The van der Waals surface area contributed by atoms with Gasteiger partial charge < -0.3 is 19.5 Å². The molecule has 1 N–H and O–H groups in total. The number of fused-ring (bicyclic) bond motifs is 2. The topological polar surface area (TPSA) is 121 Å². The second-order valence-corrected chi connectivity index (χ2v) is 11.0. The maximum atomic E-state index is 13.7. The molecular weight excluding hydrogens is 484 g/mol. The van der Waals surface area contributed by atoms with Gasteiger partial charge in [-0.1, -0.05) is 6.07 Å². The minimum absolute atomic E-state index is 0.0764. The number of aromatic nitrogens is 5. The van der Waals surface area contributed by atoms with Crippen molar-refractivity contribution in [3.05, 3.63) is 46.9 Å². The van der Waals surface area contributed by atoms with Crippen LogP contribution in [-0.2, 0) is 25.0 Å². The Bertz CT molecular complexity index is 1410. The number of rotatable bonds is 6. The summed E-state index contributed by atoms with van der Waals surface area (Å²) in [4.78, 5) is 39.7. The minimum Gasteiger partial charge on any atom is -0.465 e. The molecule has 200 valence electrons. The molecule has 0 radical (unpaired) electrons. The van der Waals surface area contributed by atoms with Gasteiger partial charge >= 0.3 is 6.09 Å². The highest BCUT2D eigenvalue weighted by atomic mass is 16.4. The largest absolute Gasteiger partial charge is 0.465 e. The average Bonchev–Trinajstić information content (AvgIpc) is 3.46. The summed E-state index contributed by atoms with van der Waals surface area (Å²) >= 11 is 0. The molecule has 0 aromatic carbocycles. The highest BCUT2D eigenvalue weighted by molar-refractivity contribution is 6.10. The Balaban J connectivity index is 1.54. The average molecular weight is 519 g/mol. The minimum atomic E-state index is -1.06. The molecule has 5 rings (SSSR count). The number of anilines is 2. The van der Waals surface area contributed by atoms with E-state index in [0.717, 1.165) is 30.7 Å². The molecule has 0 spiro atoms. The van der Waals surface area contributed by atoms with Gasteiger partial charge in [-0.3, -0.25) is 9.69 Å². The summed E-state index contributed by atoms with van der Waals surface area (Å²) in [6.07, 6.45) is 1.92. The molecular formula is C27H34N8O3. The molecule has 0 saturated carbocycles. The Kier molecular flexibility index (Phi) is 6.32. The van der Waals surface area contributed by atoms with E-state index in [1.54, 1.807) is 11.0 Å². The van der Waals surface area contributed by atoms with E-state index in [0.29, 0.717) is 34.4 Å². The normalized spacial score (nSPS) is 16.0. The van der Waals surface area contributed by atoms with Crippen molar-refractivity contribution in [3.63, 3.8) is 0 Å². The van der Waals surface area contributed by atoms with Crippen molar-refractivity contribution in [2.24, 2.45) is 0 Å². The van der Waals surface area contributed by atoms with Gasteiger partial charge in [0.2, 0.25) is 0 Å². The first-order valence-corrected chi connectivity index (χ1v) is 12.9. The van der Waals surface area contributed by atoms with E-state index in [4.69, 9.17) is 9.97 Å². The molecule has 0 saturated heterocycles. The van der Waals surface area contributed by atoms with Crippen LogP contribution in [0.2, 0.25) is 0 Å². The van der Waals surface area contributed by atoms with Gasteiger partial charge in [-0.2, -0.15) is 0 Å². The highest BCUT2D eigenvalue weighted by Crippen LogP contribution is 2.36. The van der Waals surface area contributed by atoms with Crippen molar-refractivity contribution in [2.75, 3.05) is 23.9 Å². The lowest BCUT2D eigenvalue weighted by atomic mass is 9.92. The van der Waals surface area contributed by atoms with Crippen LogP contribution >= 0.6 is 0 Å². The molecule has 2 aliphatic rings. The smallest absolute Gasteiger partial charge is 0.407 e. The van der Waals surface area contributed by atoms with Crippen LogP contribution in [0.25, 0.3) is 11.5 Å². The summed E-state index contributed by atoms with van der Waals surface area (Å²) in [7, 11) is 3.41. The number of carbonyl (C=O) groups excluding carboxylic acids is 1. The maximum Gasteiger partial charge on any atom is 0.407 e. The zero-order chi connectivity index (χ0) is 27.4. The summed E-state index contributed by atoms with van der Waals surface area (Å²) in [6.45, 7) is 8.77. The van der Waals surface area contributed by atoms with Crippen LogP contribution in [0, 0.1) is 0 Å². The summed E-state index contributed by atoms with van der Waals surface area (Å²) in [5, 5.41) is 18.4. The van der Waals surface area contributed by atoms with Crippen LogP contribution in [0.5, 0.6) is 0 Å². The number of pyridine rings is 2. The Morgan fingerprint density at radius 2 is 1.95 bits per heavy atom. The lowest BCUT2D eigenvalue weighted by molar-refractivity contribution is 0.0995. The highest BCUT2D eigenvalue weighted by Gasteiger charge is 2.35. The quantitative estimate of drug-likeness (QED) is 0.521. The first-order valence-electron chi connectivity index (χ1n) is 12.9. The van der Waals surface area contributed by atoms with Crippen molar-refractivity contribution in [2.45, 2.75) is 71.6 Å². The van der Waals surface area contributed by atoms with Gasteiger partial charge in [-0.25, -0.2) is 14.8 Å². The Morgan fingerprint density at radius 1 is 1.18 bits per heavy atom. The van der Waals surface area contributed by atoms with Crippen LogP contribution in [0.3, 0.4) is 0 Å². The van der Waals surface area contributed by atoms with Crippen molar-refractivity contribution in [1.29, 1.82) is 0 Å². The van der Waals surface area contributed by atoms with E-state index in [2.05, 4.69) is 28.6 Å². The molecule has 0 atom stereocenters. The van der Waals surface area contributed by atoms with E-state index >= 15 is 0 Å². The molecule has 5 heterocycles. The molecule has 2 amide bonds. The standard InChI is InChI=1S/C27H34N8O3/c1-16(2)33(6)23-13-17-18(20(29-23)15-32(5)26(37)38)14-34(25(17)36)21-10-7-9-19(28-21)24-31-30-22-11-8-12-27(3,4)35(22)24/h7,9-10,13,16H,8,11-12,14-15H2,1-6H3,(H,37,38). The number of aryl methyl sites for hydroxylation is 1. The van der Waals surface area contributed by atoms with Crippen LogP contribution in [0.1, 0.15) is 68.0 Å². The molecule has 11 nitrogen and oxygen atoms in total. The third-order valence-electron chi connectivity index (χ3n) is 7.60. The van der Waals surface area contributed by atoms with E-state index in [-0.39, 0.29) is 30.6 Å². The summed E-state index contributed by atoms with van der Waals surface area (Å²) in [5.41, 5.74) is 2.33. The van der Waals surface area contributed by atoms with Gasteiger partial charge in [0.15, 0.2) is 5.82 Å². The Hall–Kier alpha value is -4.02. The van der Waals surface area contributed by atoms with Crippen LogP contribution in [-0.4, -0.2) is 66.9 Å². The molecule has 38 heavy (non-hydrogen) atoms. The number of hydrogen-bond donors (Lipinski definition) is 1. The van der Waals surface area contributed by atoms with E-state index in [1.165, 1.54) is 11.9 Å². The molecule has 3 aromatic heterocycles. The van der Waals surface area contributed by atoms with E-state index < -0.39 is 6.09 Å². The fourth-order valence-corrected chi connectivity index (χ4v) is 5.18.